The molecular formula is C12H14N4O. The van der Waals surface area contributed by atoms with Gasteiger partial charge in [0.1, 0.15) is 0 Å². The van der Waals surface area contributed by atoms with Crippen molar-refractivity contribution in [3.8, 4) is 0 Å². The summed E-state index contributed by atoms with van der Waals surface area (Å²) >= 11 is 0. The fourth-order valence-electron chi connectivity index (χ4n) is 2.21. The lowest BCUT2D eigenvalue weighted by Gasteiger charge is -2.12. The maximum Gasteiger partial charge on any atom is 0.229 e. The molecule has 1 aliphatic heterocycles. The first-order valence-corrected chi connectivity index (χ1v) is 5.73. The Morgan fingerprint density at radius 1 is 1.47 bits per heavy atom. The standard InChI is InChI=1S/C12H14N4O/c13-6-8-5-11(17)16(7-8)12-14-9-3-1-2-4-10(9)15-12/h1-4,8H,5-7,13H2,(H,14,15). The van der Waals surface area contributed by atoms with Gasteiger partial charge in [0.15, 0.2) is 0 Å². The van der Waals surface area contributed by atoms with Crippen molar-refractivity contribution in [2.45, 2.75) is 6.42 Å². The van der Waals surface area contributed by atoms with Crippen LogP contribution in [0.2, 0.25) is 0 Å². The van der Waals surface area contributed by atoms with Gasteiger partial charge in [-0.15, -0.1) is 0 Å². The van der Waals surface area contributed by atoms with Crippen molar-refractivity contribution in [2.75, 3.05) is 18.0 Å². The summed E-state index contributed by atoms with van der Waals surface area (Å²) in [5, 5.41) is 0. The number of carbonyl (C=O) groups excluding carboxylic acids is 1. The van der Waals surface area contributed by atoms with Crippen molar-refractivity contribution in [3.05, 3.63) is 24.3 Å². The molecule has 2 heterocycles. The number of imidazole rings is 1. The summed E-state index contributed by atoms with van der Waals surface area (Å²) in [5.74, 6) is 0.974. The molecule has 1 saturated heterocycles. The molecule has 2 aromatic rings. The summed E-state index contributed by atoms with van der Waals surface area (Å²) < 4.78 is 0. The highest BCUT2D eigenvalue weighted by molar-refractivity contribution is 5.95. The van der Waals surface area contributed by atoms with Crippen LogP contribution < -0.4 is 10.6 Å². The zero-order valence-corrected chi connectivity index (χ0v) is 9.39. The number of carbonyl (C=O) groups is 1. The molecule has 0 aliphatic carbocycles. The van der Waals surface area contributed by atoms with Crippen LogP contribution in [0.3, 0.4) is 0 Å². The van der Waals surface area contributed by atoms with E-state index in [4.69, 9.17) is 5.73 Å². The molecule has 1 unspecified atom stereocenters. The van der Waals surface area contributed by atoms with Crippen molar-refractivity contribution in [1.29, 1.82) is 0 Å². The number of anilines is 1. The van der Waals surface area contributed by atoms with Gasteiger partial charge in [-0.2, -0.15) is 0 Å². The van der Waals surface area contributed by atoms with Crippen molar-refractivity contribution >= 4 is 22.9 Å². The van der Waals surface area contributed by atoms with Crippen molar-refractivity contribution in [2.24, 2.45) is 11.7 Å². The third-order valence-electron chi connectivity index (χ3n) is 3.17. The number of fused-ring (bicyclic) bond motifs is 1. The molecule has 17 heavy (non-hydrogen) atoms. The third kappa shape index (κ3) is 1.68. The Hall–Kier alpha value is -1.88. The monoisotopic (exact) mass is 230 g/mol. The number of para-hydroxylation sites is 2. The lowest BCUT2D eigenvalue weighted by molar-refractivity contribution is -0.117. The predicted octanol–water partition coefficient (Wildman–Crippen LogP) is 0.874. The molecule has 88 valence electrons. The van der Waals surface area contributed by atoms with E-state index in [0.29, 0.717) is 25.5 Å². The van der Waals surface area contributed by atoms with Crippen LogP contribution in [-0.4, -0.2) is 29.0 Å². The average molecular weight is 230 g/mol. The Kier molecular flexibility index (Phi) is 2.33. The SMILES string of the molecule is NCC1CC(=O)N(c2nc3ccccc3[nH]2)C1. The van der Waals surface area contributed by atoms with E-state index >= 15 is 0 Å². The Morgan fingerprint density at radius 3 is 3.00 bits per heavy atom. The summed E-state index contributed by atoms with van der Waals surface area (Å²) in [5.41, 5.74) is 7.43. The molecule has 0 spiro atoms. The number of rotatable bonds is 2. The quantitative estimate of drug-likeness (QED) is 0.804. The van der Waals surface area contributed by atoms with E-state index in [1.165, 1.54) is 0 Å². The summed E-state index contributed by atoms with van der Waals surface area (Å²) in [7, 11) is 0. The van der Waals surface area contributed by atoms with Crippen molar-refractivity contribution in [3.63, 3.8) is 0 Å². The Bertz CT molecular complexity index is 529. The number of hydrogen-bond acceptors (Lipinski definition) is 3. The van der Waals surface area contributed by atoms with E-state index in [1.807, 2.05) is 24.3 Å². The summed E-state index contributed by atoms with van der Waals surface area (Å²) in [6.07, 6.45) is 0.521. The zero-order valence-electron chi connectivity index (χ0n) is 9.39. The van der Waals surface area contributed by atoms with Crippen molar-refractivity contribution in [1.82, 2.24) is 9.97 Å². The molecule has 1 aliphatic rings. The molecule has 0 bridgehead atoms. The maximum absolute atomic E-state index is 11.8. The number of nitrogens with two attached hydrogens (primary N) is 1. The van der Waals surface area contributed by atoms with E-state index in [1.54, 1.807) is 4.90 Å². The first kappa shape index (κ1) is 10.3. The maximum atomic E-state index is 11.8. The number of nitrogens with one attached hydrogen (secondary N) is 1. The van der Waals surface area contributed by atoms with Gasteiger partial charge in [0.25, 0.3) is 0 Å². The third-order valence-corrected chi connectivity index (χ3v) is 3.17. The van der Waals surface area contributed by atoms with E-state index in [-0.39, 0.29) is 11.8 Å². The first-order chi connectivity index (χ1) is 8.28. The summed E-state index contributed by atoms with van der Waals surface area (Å²) in [6, 6.07) is 7.75. The van der Waals surface area contributed by atoms with Crippen LogP contribution in [0.4, 0.5) is 5.95 Å². The van der Waals surface area contributed by atoms with Gasteiger partial charge in [-0.25, -0.2) is 4.98 Å². The minimum absolute atomic E-state index is 0.0968. The van der Waals surface area contributed by atoms with Crippen LogP contribution in [0.25, 0.3) is 11.0 Å². The smallest absolute Gasteiger partial charge is 0.229 e. The first-order valence-electron chi connectivity index (χ1n) is 5.73. The molecule has 1 aromatic heterocycles. The molecular weight excluding hydrogens is 216 g/mol. The molecule has 0 radical (unpaired) electrons. The van der Waals surface area contributed by atoms with Gasteiger partial charge in [0.2, 0.25) is 11.9 Å². The highest BCUT2D eigenvalue weighted by Crippen LogP contribution is 2.24. The van der Waals surface area contributed by atoms with E-state index in [0.717, 1.165) is 11.0 Å². The Balaban J connectivity index is 1.96. The number of hydrogen-bond donors (Lipinski definition) is 2. The average Bonchev–Trinajstić information content (AvgIpc) is 2.91. The van der Waals surface area contributed by atoms with Crippen LogP contribution in [-0.2, 0) is 4.79 Å². The second-order valence-corrected chi connectivity index (χ2v) is 4.39. The van der Waals surface area contributed by atoms with E-state index in [9.17, 15) is 4.79 Å². The van der Waals surface area contributed by atoms with E-state index in [2.05, 4.69) is 9.97 Å². The predicted molar refractivity (Wildman–Crippen MR) is 65.6 cm³/mol. The lowest BCUT2D eigenvalue weighted by Crippen LogP contribution is -2.26. The number of nitrogens with zero attached hydrogens (tertiary/aromatic N) is 2. The van der Waals surface area contributed by atoms with Gasteiger partial charge < -0.3 is 10.7 Å². The number of benzene rings is 1. The molecule has 1 atom stereocenters. The van der Waals surface area contributed by atoms with Crippen LogP contribution in [0.1, 0.15) is 6.42 Å². The molecule has 3 N–H and O–H groups in total. The fraction of sp³-hybridized carbons (Fsp3) is 0.333. The molecule has 1 amide bonds. The van der Waals surface area contributed by atoms with Crippen LogP contribution in [0, 0.1) is 5.92 Å². The van der Waals surface area contributed by atoms with E-state index < -0.39 is 0 Å². The molecule has 0 saturated carbocycles. The molecule has 1 aromatic carbocycles. The lowest BCUT2D eigenvalue weighted by atomic mass is 10.1. The van der Waals surface area contributed by atoms with Crippen LogP contribution in [0.5, 0.6) is 0 Å². The normalized spacial score (nSPS) is 20.4. The number of H-pyrrole nitrogens is 1. The molecule has 5 heteroatoms. The highest BCUT2D eigenvalue weighted by atomic mass is 16.2. The van der Waals surface area contributed by atoms with Gasteiger partial charge in [0.05, 0.1) is 11.0 Å². The minimum Gasteiger partial charge on any atom is -0.330 e. The summed E-state index contributed by atoms with van der Waals surface area (Å²) in [4.78, 5) is 21.1. The Morgan fingerprint density at radius 2 is 2.29 bits per heavy atom. The summed E-state index contributed by atoms with van der Waals surface area (Å²) in [6.45, 7) is 1.21. The minimum atomic E-state index is 0.0968. The van der Waals surface area contributed by atoms with Crippen molar-refractivity contribution < 1.29 is 4.79 Å². The second kappa shape index (κ2) is 3.85. The fourth-order valence-corrected chi connectivity index (χ4v) is 2.21. The zero-order chi connectivity index (χ0) is 11.8. The van der Waals surface area contributed by atoms with Gasteiger partial charge in [0, 0.05) is 13.0 Å². The second-order valence-electron chi connectivity index (χ2n) is 4.39. The Labute approximate surface area is 98.6 Å². The van der Waals surface area contributed by atoms with Gasteiger partial charge in [-0.3, -0.25) is 9.69 Å². The van der Waals surface area contributed by atoms with Crippen LogP contribution >= 0.6 is 0 Å². The number of aromatic amines is 1. The van der Waals surface area contributed by atoms with Gasteiger partial charge in [-0.05, 0) is 24.6 Å². The van der Waals surface area contributed by atoms with Gasteiger partial charge >= 0.3 is 0 Å². The van der Waals surface area contributed by atoms with Crippen LogP contribution in [0.15, 0.2) is 24.3 Å². The largest absolute Gasteiger partial charge is 0.330 e. The number of amides is 1. The highest BCUT2D eigenvalue weighted by Gasteiger charge is 2.31. The molecule has 5 nitrogen and oxygen atoms in total. The number of aromatic nitrogens is 2. The van der Waals surface area contributed by atoms with Gasteiger partial charge in [-0.1, -0.05) is 12.1 Å². The molecule has 1 fully saturated rings. The molecule has 3 rings (SSSR count). The topological polar surface area (TPSA) is 75.0 Å².